The van der Waals surface area contributed by atoms with Crippen LogP contribution in [0.15, 0.2) is 34.7 Å². The van der Waals surface area contributed by atoms with E-state index in [4.69, 9.17) is 32.7 Å². The van der Waals surface area contributed by atoms with Gasteiger partial charge in [0.05, 0.1) is 22.8 Å². The Bertz CT molecular complexity index is 1230. The van der Waals surface area contributed by atoms with E-state index in [1.54, 1.807) is 22.2 Å². The molecule has 1 aromatic carbocycles. The summed E-state index contributed by atoms with van der Waals surface area (Å²) >= 11 is 13.9. The normalized spacial score (nSPS) is 17.1. The first-order valence-electron chi connectivity index (χ1n) is 9.14. The van der Waals surface area contributed by atoms with Gasteiger partial charge in [-0.2, -0.15) is 0 Å². The number of halogens is 2. The highest BCUT2D eigenvalue weighted by atomic mass is 35.5. The van der Waals surface area contributed by atoms with Gasteiger partial charge in [-0.25, -0.2) is 9.78 Å². The fourth-order valence-electron chi connectivity index (χ4n) is 3.31. The quantitative estimate of drug-likeness (QED) is 0.587. The van der Waals surface area contributed by atoms with Gasteiger partial charge >= 0.3 is 5.97 Å². The Morgan fingerprint density at radius 2 is 2.13 bits per heavy atom. The molecule has 1 atom stereocenters. The molecule has 2 aromatic heterocycles. The number of hydrogen-bond donors (Lipinski definition) is 1. The van der Waals surface area contributed by atoms with Crippen LogP contribution in [0.5, 0.6) is 11.5 Å². The summed E-state index contributed by atoms with van der Waals surface area (Å²) in [5, 5.41) is 10.0. The van der Waals surface area contributed by atoms with Gasteiger partial charge in [0.1, 0.15) is 27.1 Å². The monoisotopic (exact) mass is 464 g/mol. The van der Waals surface area contributed by atoms with Crippen LogP contribution in [-0.2, 0) is 0 Å². The number of fused-ring (bicyclic) bond motifs is 3. The summed E-state index contributed by atoms with van der Waals surface area (Å²) in [6.07, 6.45) is 2.76. The molecule has 1 N–H and O–H groups in total. The summed E-state index contributed by atoms with van der Waals surface area (Å²) in [7, 11) is 0. The molecular formula is C20H14Cl2N2O5S. The second-order valence-corrected chi connectivity index (χ2v) is 8.81. The molecule has 7 nitrogen and oxygen atoms in total. The number of benzene rings is 1. The predicted molar refractivity (Wildman–Crippen MR) is 112 cm³/mol. The molecule has 154 valence electrons. The molecule has 0 spiro atoms. The molecule has 30 heavy (non-hydrogen) atoms. The van der Waals surface area contributed by atoms with Crippen molar-refractivity contribution in [3.63, 3.8) is 0 Å². The van der Waals surface area contributed by atoms with E-state index in [0.29, 0.717) is 45.2 Å². The number of nitrogens with zero attached hydrogens (tertiary/aromatic N) is 2. The predicted octanol–water partition coefficient (Wildman–Crippen LogP) is 4.70. The van der Waals surface area contributed by atoms with E-state index in [1.807, 2.05) is 0 Å². The molecule has 0 radical (unpaired) electrons. The Kier molecular flexibility index (Phi) is 4.72. The lowest BCUT2D eigenvalue weighted by Gasteiger charge is -2.31. The lowest BCUT2D eigenvalue weighted by molar-refractivity contribution is 0.0693. The van der Waals surface area contributed by atoms with Crippen molar-refractivity contribution >= 4 is 40.5 Å². The Balaban J connectivity index is 1.68. The van der Waals surface area contributed by atoms with Crippen LogP contribution < -0.4 is 14.9 Å². The van der Waals surface area contributed by atoms with Crippen molar-refractivity contribution in [2.75, 3.05) is 6.61 Å². The molecule has 5 rings (SSSR count). The van der Waals surface area contributed by atoms with Crippen molar-refractivity contribution in [3.05, 3.63) is 60.7 Å². The van der Waals surface area contributed by atoms with Crippen LogP contribution in [0.4, 0.5) is 0 Å². The first-order valence-corrected chi connectivity index (χ1v) is 10.8. The van der Waals surface area contributed by atoms with Gasteiger partial charge in [-0.1, -0.05) is 23.2 Å². The van der Waals surface area contributed by atoms with Crippen LogP contribution in [0, 0.1) is 5.92 Å². The number of ether oxygens (including phenoxy) is 2. The fourth-order valence-corrected chi connectivity index (χ4v) is 4.57. The molecule has 1 saturated carbocycles. The second-order valence-electron chi connectivity index (χ2n) is 7.16. The Labute approximate surface area is 184 Å². The van der Waals surface area contributed by atoms with E-state index in [-0.39, 0.29) is 10.7 Å². The van der Waals surface area contributed by atoms with Crippen LogP contribution in [-0.4, -0.2) is 27.2 Å². The lowest BCUT2D eigenvalue weighted by atomic mass is 10.1. The molecule has 0 unspecified atom stereocenters. The third kappa shape index (κ3) is 3.34. The Hall–Kier alpha value is -2.55. The molecule has 0 saturated heterocycles. The molecule has 3 aromatic rings. The molecule has 1 fully saturated rings. The first kappa shape index (κ1) is 19.4. The molecular weight excluding hydrogens is 451 g/mol. The third-order valence-corrected chi connectivity index (χ3v) is 6.62. The Morgan fingerprint density at radius 1 is 1.33 bits per heavy atom. The standard InChI is InChI=1S/C20H14Cl2N2O5S/c21-12-3-10-13-4-14(25)11(20(26)27)6-24(13)19(17-18(22)23-8-30-17)29-15(10)5-16(12)28-7-9-1-2-9/h3-6,8-9,19H,1-2,7H2,(H,26,27)/t19-/m1/s1. The lowest BCUT2D eigenvalue weighted by Crippen LogP contribution is -2.27. The van der Waals surface area contributed by atoms with Gasteiger partial charge in [-0.3, -0.25) is 4.79 Å². The second kappa shape index (κ2) is 7.30. The van der Waals surface area contributed by atoms with Crippen LogP contribution in [0.3, 0.4) is 0 Å². The number of aromatic nitrogens is 2. The van der Waals surface area contributed by atoms with Crippen molar-refractivity contribution in [1.29, 1.82) is 0 Å². The zero-order valence-corrected chi connectivity index (χ0v) is 17.6. The van der Waals surface area contributed by atoms with Gasteiger partial charge in [0.2, 0.25) is 6.23 Å². The molecule has 10 heteroatoms. The zero-order valence-electron chi connectivity index (χ0n) is 15.3. The average Bonchev–Trinajstić information content (AvgIpc) is 3.44. The van der Waals surface area contributed by atoms with E-state index >= 15 is 0 Å². The maximum absolute atomic E-state index is 12.4. The van der Waals surface area contributed by atoms with Gasteiger partial charge in [0, 0.05) is 23.9 Å². The largest absolute Gasteiger partial charge is 0.492 e. The van der Waals surface area contributed by atoms with E-state index in [1.165, 1.54) is 23.6 Å². The van der Waals surface area contributed by atoms with Gasteiger partial charge < -0.3 is 19.1 Å². The number of hydrogen-bond acceptors (Lipinski definition) is 6. The minimum absolute atomic E-state index is 0.245. The van der Waals surface area contributed by atoms with Crippen molar-refractivity contribution in [2.45, 2.75) is 19.1 Å². The number of aromatic carboxylic acids is 1. The number of carbonyl (C=O) groups is 1. The van der Waals surface area contributed by atoms with E-state index in [0.717, 1.165) is 12.8 Å². The topological polar surface area (TPSA) is 90.7 Å². The summed E-state index contributed by atoms with van der Waals surface area (Å²) in [6, 6.07) is 4.63. The highest BCUT2D eigenvalue weighted by molar-refractivity contribution is 7.10. The van der Waals surface area contributed by atoms with Gasteiger partial charge in [0.25, 0.3) is 0 Å². The van der Waals surface area contributed by atoms with Crippen LogP contribution in [0.1, 0.15) is 34.3 Å². The highest BCUT2D eigenvalue weighted by Gasteiger charge is 2.32. The van der Waals surface area contributed by atoms with Gasteiger partial charge in [0.15, 0.2) is 5.43 Å². The number of carboxylic acid groups (broad SMARTS) is 1. The number of thiazole rings is 1. The number of rotatable bonds is 5. The summed E-state index contributed by atoms with van der Waals surface area (Å²) in [5.41, 5.74) is 1.62. The maximum Gasteiger partial charge on any atom is 0.341 e. The van der Waals surface area contributed by atoms with Crippen molar-refractivity contribution in [1.82, 2.24) is 9.55 Å². The van der Waals surface area contributed by atoms with E-state index in [9.17, 15) is 14.7 Å². The first-order chi connectivity index (χ1) is 14.4. The summed E-state index contributed by atoms with van der Waals surface area (Å²) in [4.78, 5) is 28.6. The zero-order chi connectivity index (χ0) is 21.0. The van der Waals surface area contributed by atoms with Gasteiger partial charge in [-0.05, 0) is 24.8 Å². The number of carboxylic acids is 1. The smallest absolute Gasteiger partial charge is 0.341 e. The fraction of sp³-hybridized carbons (Fsp3) is 0.250. The van der Waals surface area contributed by atoms with Crippen LogP contribution in [0.2, 0.25) is 10.2 Å². The minimum atomic E-state index is -1.32. The van der Waals surface area contributed by atoms with E-state index < -0.39 is 17.6 Å². The van der Waals surface area contributed by atoms with E-state index in [2.05, 4.69) is 4.98 Å². The third-order valence-electron chi connectivity index (χ3n) is 5.06. The van der Waals surface area contributed by atoms with Gasteiger partial charge in [-0.15, -0.1) is 11.3 Å². The summed E-state index contributed by atoms with van der Waals surface area (Å²) in [5.74, 6) is 0.184. The molecule has 1 aliphatic heterocycles. The number of pyridine rings is 1. The molecule has 0 amide bonds. The van der Waals surface area contributed by atoms with Crippen molar-refractivity contribution < 1.29 is 19.4 Å². The molecule has 0 bridgehead atoms. The van der Waals surface area contributed by atoms with Crippen LogP contribution in [0.25, 0.3) is 11.3 Å². The molecule has 1 aliphatic carbocycles. The maximum atomic E-state index is 12.4. The molecule has 2 aliphatic rings. The van der Waals surface area contributed by atoms with Crippen LogP contribution >= 0.6 is 34.5 Å². The Morgan fingerprint density at radius 3 is 2.80 bits per heavy atom. The van der Waals surface area contributed by atoms with Crippen molar-refractivity contribution in [2.24, 2.45) is 5.92 Å². The minimum Gasteiger partial charge on any atom is -0.492 e. The van der Waals surface area contributed by atoms with Crippen molar-refractivity contribution in [3.8, 4) is 22.8 Å². The summed E-state index contributed by atoms with van der Waals surface area (Å²) in [6.45, 7) is 0.584. The SMILES string of the molecule is O=C(O)c1cn2c(cc1=O)-c1cc(Cl)c(OCC3CC3)cc1O[C@@H]2c1scnc1Cl. The average molecular weight is 465 g/mol. The highest BCUT2D eigenvalue weighted by Crippen LogP contribution is 2.46. The summed E-state index contributed by atoms with van der Waals surface area (Å²) < 4.78 is 13.6. The molecule has 3 heterocycles.